The molecule has 1 atom stereocenters. The molecule has 1 saturated heterocycles. The van der Waals surface area contributed by atoms with Gasteiger partial charge in [0.15, 0.2) is 0 Å². The fraction of sp³-hybridized carbons (Fsp3) is 0.211. The lowest BCUT2D eigenvalue weighted by Gasteiger charge is -2.16. The Morgan fingerprint density at radius 2 is 1.88 bits per heavy atom. The number of pyridine rings is 1. The fourth-order valence-corrected chi connectivity index (χ4v) is 2.61. The van der Waals surface area contributed by atoms with Crippen LogP contribution in [-0.4, -0.2) is 40.8 Å². The van der Waals surface area contributed by atoms with Crippen LogP contribution >= 0.6 is 0 Å². The van der Waals surface area contributed by atoms with Crippen molar-refractivity contribution in [3.8, 4) is 11.8 Å². The third-order valence-corrected chi connectivity index (χ3v) is 3.83. The highest BCUT2D eigenvalue weighted by Gasteiger charge is 2.27. The monoisotopic (exact) mass is 319 g/mol. The molecule has 1 aromatic carbocycles. The lowest BCUT2D eigenvalue weighted by molar-refractivity contribution is -0.116. The standard InChI is InChI=1S/C19H17N3O2/c23-18(7-6-15-4-2-1-3-5-15)21-17-10-13-22(14-17)19(24)16-8-11-20-12-9-16/h1-5,8-9,11-12,17H,10,13-14H2,(H,21,23). The highest BCUT2D eigenvalue weighted by molar-refractivity contribution is 5.95. The van der Waals surface area contributed by atoms with E-state index < -0.39 is 0 Å². The van der Waals surface area contributed by atoms with Gasteiger partial charge in [-0.25, -0.2) is 0 Å². The van der Waals surface area contributed by atoms with Crippen molar-refractivity contribution in [3.63, 3.8) is 0 Å². The molecule has 1 fully saturated rings. The van der Waals surface area contributed by atoms with Gasteiger partial charge in [0.1, 0.15) is 0 Å². The summed E-state index contributed by atoms with van der Waals surface area (Å²) < 4.78 is 0. The molecule has 24 heavy (non-hydrogen) atoms. The van der Waals surface area contributed by atoms with Gasteiger partial charge in [-0.15, -0.1) is 0 Å². The number of hydrogen-bond acceptors (Lipinski definition) is 3. The van der Waals surface area contributed by atoms with Gasteiger partial charge in [-0.1, -0.05) is 24.1 Å². The van der Waals surface area contributed by atoms with E-state index in [0.29, 0.717) is 18.7 Å². The van der Waals surface area contributed by atoms with E-state index in [4.69, 9.17) is 0 Å². The molecule has 0 saturated carbocycles. The Morgan fingerprint density at radius 1 is 1.12 bits per heavy atom. The smallest absolute Gasteiger partial charge is 0.296 e. The molecule has 5 heteroatoms. The van der Waals surface area contributed by atoms with Crippen LogP contribution in [0.1, 0.15) is 22.3 Å². The molecule has 120 valence electrons. The number of nitrogens with zero attached hydrogens (tertiary/aromatic N) is 2. The van der Waals surface area contributed by atoms with Crippen molar-refractivity contribution in [3.05, 3.63) is 66.0 Å². The molecule has 1 N–H and O–H groups in total. The highest BCUT2D eigenvalue weighted by Crippen LogP contribution is 2.13. The number of amides is 2. The van der Waals surface area contributed by atoms with Gasteiger partial charge in [-0.2, -0.15) is 0 Å². The van der Waals surface area contributed by atoms with Crippen LogP contribution in [0.4, 0.5) is 0 Å². The van der Waals surface area contributed by atoms with Gasteiger partial charge in [0, 0.05) is 48.6 Å². The van der Waals surface area contributed by atoms with Gasteiger partial charge in [-0.3, -0.25) is 14.6 Å². The fourth-order valence-electron chi connectivity index (χ4n) is 2.61. The summed E-state index contributed by atoms with van der Waals surface area (Å²) in [6.45, 7) is 1.12. The SMILES string of the molecule is O=C(C#Cc1ccccc1)NC1CCN(C(=O)c2ccncc2)C1. The quantitative estimate of drug-likeness (QED) is 0.853. The molecule has 1 aliphatic rings. The predicted octanol–water partition coefficient (Wildman–Crippen LogP) is 1.46. The van der Waals surface area contributed by atoms with Crippen LogP contribution in [0.3, 0.4) is 0 Å². The minimum absolute atomic E-state index is 0.0375. The van der Waals surface area contributed by atoms with Crippen molar-refractivity contribution in [1.82, 2.24) is 15.2 Å². The molecule has 2 aromatic rings. The Kier molecular flexibility index (Phi) is 4.87. The maximum absolute atomic E-state index is 12.3. The Hall–Kier alpha value is -3.13. The summed E-state index contributed by atoms with van der Waals surface area (Å²) >= 11 is 0. The van der Waals surface area contributed by atoms with Gasteiger partial charge in [0.05, 0.1) is 0 Å². The van der Waals surface area contributed by atoms with Gasteiger partial charge < -0.3 is 10.2 Å². The predicted molar refractivity (Wildman–Crippen MR) is 90.0 cm³/mol. The molecule has 0 radical (unpaired) electrons. The maximum atomic E-state index is 12.3. The Bertz CT molecular complexity index is 779. The van der Waals surface area contributed by atoms with E-state index in [1.807, 2.05) is 30.3 Å². The molecule has 3 rings (SSSR count). The number of likely N-dealkylation sites (tertiary alicyclic amines) is 1. The minimum Gasteiger partial charge on any atom is -0.341 e. The van der Waals surface area contributed by atoms with E-state index in [2.05, 4.69) is 22.1 Å². The van der Waals surface area contributed by atoms with Crippen molar-refractivity contribution < 1.29 is 9.59 Å². The number of hydrogen-bond donors (Lipinski definition) is 1. The summed E-state index contributed by atoms with van der Waals surface area (Å²) in [6.07, 6.45) is 3.93. The molecule has 5 nitrogen and oxygen atoms in total. The van der Waals surface area contributed by atoms with Crippen LogP contribution in [0.2, 0.25) is 0 Å². The Labute approximate surface area is 140 Å². The normalized spacial score (nSPS) is 16.2. The minimum atomic E-state index is -0.318. The third kappa shape index (κ3) is 3.99. The second-order valence-corrected chi connectivity index (χ2v) is 5.56. The van der Waals surface area contributed by atoms with E-state index in [-0.39, 0.29) is 17.9 Å². The van der Waals surface area contributed by atoms with E-state index in [0.717, 1.165) is 12.0 Å². The summed E-state index contributed by atoms with van der Waals surface area (Å²) in [5, 5.41) is 2.87. The van der Waals surface area contributed by atoms with Crippen LogP contribution < -0.4 is 5.32 Å². The lowest BCUT2D eigenvalue weighted by atomic mass is 10.2. The van der Waals surface area contributed by atoms with E-state index in [1.165, 1.54) is 0 Å². The third-order valence-electron chi connectivity index (χ3n) is 3.83. The molecule has 0 aliphatic carbocycles. The average molecular weight is 319 g/mol. The molecule has 1 aromatic heterocycles. The number of rotatable bonds is 2. The molecule has 1 unspecified atom stereocenters. The highest BCUT2D eigenvalue weighted by atomic mass is 16.2. The largest absolute Gasteiger partial charge is 0.341 e. The second-order valence-electron chi connectivity index (χ2n) is 5.56. The first-order valence-electron chi connectivity index (χ1n) is 7.79. The van der Waals surface area contributed by atoms with Crippen LogP contribution in [0.15, 0.2) is 54.9 Å². The van der Waals surface area contributed by atoms with E-state index in [9.17, 15) is 9.59 Å². The average Bonchev–Trinajstić information content (AvgIpc) is 3.09. The number of aromatic nitrogens is 1. The topological polar surface area (TPSA) is 62.3 Å². The zero-order valence-electron chi connectivity index (χ0n) is 13.1. The Balaban J connectivity index is 1.54. The summed E-state index contributed by atoms with van der Waals surface area (Å²) in [5.41, 5.74) is 1.41. The van der Waals surface area contributed by atoms with Crippen LogP contribution in [0.5, 0.6) is 0 Å². The summed E-state index contributed by atoms with van der Waals surface area (Å²) in [5.74, 6) is 5.06. The van der Waals surface area contributed by atoms with Crippen LogP contribution in [0.25, 0.3) is 0 Å². The lowest BCUT2D eigenvalue weighted by Crippen LogP contribution is -2.37. The number of carbonyl (C=O) groups excluding carboxylic acids is 2. The van der Waals surface area contributed by atoms with Crippen molar-refractivity contribution in [2.45, 2.75) is 12.5 Å². The van der Waals surface area contributed by atoms with E-state index >= 15 is 0 Å². The second kappa shape index (κ2) is 7.42. The van der Waals surface area contributed by atoms with Gasteiger partial charge >= 0.3 is 0 Å². The molecule has 0 spiro atoms. The van der Waals surface area contributed by atoms with Crippen LogP contribution in [-0.2, 0) is 4.79 Å². The first-order chi connectivity index (χ1) is 11.7. The molecule has 1 aliphatic heterocycles. The van der Waals surface area contributed by atoms with Gasteiger partial charge in [-0.05, 0) is 30.7 Å². The van der Waals surface area contributed by atoms with Crippen molar-refractivity contribution >= 4 is 11.8 Å². The number of nitrogens with one attached hydrogen (secondary N) is 1. The van der Waals surface area contributed by atoms with Crippen molar-refractivity contribution in [2.24, 2.45) is 0 Å². The molecule has 2 heterocycles. The summed E-state index contributed by atoms with van der Waals surface area (Å²) in [4.78, 5) is 29.9. The first-order valence-corrected chi connectivity index (χ1v) is 7.79. The molecular formula is C19H17N3O2. The number of benzene rings is 1. The molecule has 0 bridgehead atoms. The van der Waals surface area contributed by atoms with Crippen molar-refractivity contribution in [2.75, 3.05) is 13.1 Å². The summed E-state index contributed by atoms with van der Waals surface area (Å²) in [6, 6.07) is 12.7. The first kappa shape index (κ1) is 15.8. The van der Waals surface area contributed by atoms with Crippen LogP contribution in [0, 0.1) is 11.8 Å². The van der Waals surface area contributed by atoms with Gasteiger partial charge in [0.25, 0.3) is 11.8 Å². The van der Waals surface area contributed by atoms with E-state index in [1.54, 1.807) is 29.4 Å². The molecule has 2 amide bonds. The van der Waals surface area contributed by atoms with Crippen molar-refractivity contribution in [1.29, 1.82) is 0 Å². The summed E-state index contributed by atoms with van der Waals surface area (Å²) in [7, 11) is 0. The zero-order valence-corrected chi connectivity index (χ0v) is 13.1. The maximum Gasteiger partial charge on any atom is 0.296 e. The zero-order chi connectivity index (χ0) is 16.8. The molecular weight excluding hydrogens is 302 g/mol. The Morgan fingerprint density at radius 3 is 2.62 bits per heavy atom. The van der Waals surface area contributed by atoms with Gasteiger partial charge in [0.2, 0.25) is 0 Å². The number of carbonyl (C=O) groups is 2.